The minimum Gasteiger partial charge on any atom is -0.388 e. The second kappa shape index (κ2) is 6.30. The van der Waals surface area contributed by atoms with Gasteiger partial charge in [-0.25, -0.2) is 4.98 Å². The van der Waals surface area contributed by atoms with Crippen LogP contribution in [0.15, 0.2) is 54.6 Å². The van der Waals surface area contributed by atoms with Crippen LogP contribution in [0, 0.1) is 6.92 Å². The molecule has 0 aliphatic carbocycles. The first kappa shape index (κ1) is 14.8. The number of aromatic nitrogens is 1. The number of nitrogens with zero attached hydrogens (tertiary/aromatic N) is 1. The van der Waals surface area contributed by atoms with Crippen LogP contribution in [-0.2, 0) is 0 Å². The van der Waals surface area contributed by atoms with Gasteiger partial charge in [0.25, 0.3) is 0 Å². The molecule has 0 aliphatic heterocycles. The summed E-state index contributed by atoms with van der Waals surface area (Å²) in [4.78, 5) is 4.58. The Balaban J connectivity index is 1.90. The predicted molar refractivity (Wildman–Crippen MR) is 92.4 cm³/mol. The predicted octanol–water partition coefficient (Wildman–Crippen LogP) is 4.93. The van der Waals surface area contributed by atoms with E-state index in [4.69, 9.17) is 11.6 Å². The van der Waals surface area contributed by atoms with E-state index in [0.29, 0.717) is 5.02 Å². The number of benzene rings is 2. The second-order valence-corrected chi connectivity index (χ2v) is 5.53. The van der Waals surface area contributed by atoms with Gasteiger partial charge in [0.2, 0.25) is 0 Å². The SMILES string of the molecule is [CH2][C@@H](O)c1cccc(/C=C/c2ccc3ccc(Cl)cc3n2)c1. The van der Waals surface area contributed by atoms with Gasteiger partial charge in [0.1, 0.15) is 0 Å². The first-order valence-electron chi connectivity index (χ1n) is 6.97. The van der Waals surface area contributed by atoms with E-state index in [9.17, 15) is 5.11 Å². The van der Waals surface area contributed by atoms with Crippen molar-refractivity contribution in [3.05, 3.63) is 83.4 Å². The monoisotopic (exact) mass is 308 g/mol. The molecule has 1 aromatic heterocycles. The summed E-state index contributed by atoms with van der Waals surface area (Å²) in [5.41, 5.74) is 3.51. The fourth-order valence-corrected chi connectivity index (χ4v) is 2.42. The quantitative estimate of drug-likeness (QED) is 0.744. The Morgan fingerprint density at radius 2 is 1.86 bits per heavy atom. The number of pyridine rings is 1. The highest BCUT2D eigenvalue weighted by molar-refractivity contribution is 6.31. The Labute approximate surface area is 134 Å². The molecule has 0 unspecified atom stereocenters. The molecule has 109 valence electrons. The van der Waals surface area contributed by atoms with Crippen LogP contribution in [0.5, 0.6) is 0 Å². The van der Waals surface area contributed by atoms with Gasteiger partial charge in [0.15, 0.2) is 0 Å². The van der Waals surface area contributed by atoms with E-state index in [2.05, 4.69) is 11.9 Å². The molecule has 0 saturated carbocycles. The zero-order valence-corrected chi connectivity index (χ0v) is 12.7. The first-order chi connectivity index (χ1) is 10.6. The van der Waals surface area contributed by atoms with Crippen molar-refractivity contribution >= 4 is 34.7 Å². The van der Waals surface area contributed by atoms with E-state index in [1.54, 1.807) is 0 Å². The maximum Gasteiger partial charge on any atom is 0.0791 e. The molecule has 0 spiro atoms. The van der Waals surface area contributed by atoms with Crippen LogP contribution < -0.4 is 0 Å². The number of fused-ring (bicyclic) bond motifs is 1. The largest absolute Gasteiger partial charge is 0.388 e. The van der Waals surface area contributed by atoms with Crippen molar-refractivity contribution in [3.63, 3.8) is 0 Å². The van der Waals surface area contributed by atoms with Crippen LogP contribution in [0.2, 0.25) is 5.02 Å². The highest BCUT2D eigenvalue weighted by atomic mass is 35.5. The van der Waals surface area contributed by atoms with Gasteiger partial charge in [-0.1, -0.05) is 48.0 Å². The molecular formula is C19H15ClNO. The lowest BCUT2D eigenvalue weighted by Gasteiger charge is -2.04. The minimum absolute atomic E-state index is 0.679. The molecular weight excluding hydrogens is 294 g/mol. The molecule has 3 rings (SSSR count). The van der Waals surface area contributed by atoms with Crippen LogP contribution in [0.1, 0.15) is 22.9 Å². The molecule has 2 aromatic carbocycles. The Morgan fingerprint density at radius 1 is 1.05 bits per heavy atom. The fourth-order valence-electron chi connectivity index (χ4n) is 2.25. The maximum absolute atomic E-state index is 9.52. The van der Waals surface area contributed by atoms with Crippen LogP contribution in [0.3, 0.4) is 0 Å². The van der Waals surface area contributed by atoms with Crippen LogP contribution in [0.4, 0.5) is 0 Å². The van der Waals surface area contributed by atoms with Gasteiger partial charge >= 0.3 is 0 Å². The molecule has 3 heteroatoms. The van der Waals surface area contributed by atoms with Gasteiger partial charge in [-0.3, -0.25) is 0 Å². The summed E-state index contributed by atoms with van der Waals surface area (Å²) in [7, 11) is 0. The summed E-state index contributed by atoms with van der Waals surface area (Å²) in [5.74, 6) is 0. The Hall–Kier alpha value is -2.16. The van der Waals surface area contributed by atoms with E-state index >= 15 is 0 Å². The fraction of sp³-hybridized carbons (Fsp3) is 0.0526. The summed E-state index contributed by atoms with van der Waals surface area (Å²) in [5, 5.41) is 11.3. The third kappa shape index (κ3) is 3.35. The van der Waals surface area contributed by atoms with Crippen molar-refractivity contribution in [3.8, 4) is 0 Å². The van der Waals surface area contributed by atoms with Crippen LogP contribution in [0.25, 0.3) is 23.1 Å². The van der Waals surface area contributed by atoms with Gasteiger partial charge < -0.3 is 5.11 Å². The molecule has 22 heavy (non-hydrogen) atoms. The lowest BCUT2D eigenvalue weighted by Crippen LogP contribution is -1.90. The van der Waals surface area contributed by atoms with Gasteiger partial charge in [0, 0.05) is 10.4 Å². The molecule has 0 fully saturated rings. The molecule has 2 nitrogen and oxygen atoms in total. The van der Waals surface area contributed by atoms with Gasteiger partial charge in [-0.05, 0) is 48.4 Å². The van der Waals surface area contributed by atoms with Crippen molar-refractivity contribution < 1.29 is 5.11 Å². The summed E-state index contributed by atoms with van der Waals surface area (Å²) in [6, 6.07) is 17.3. The number of hydrogen-bond acceptors (Lipinski definition) is 2. The van der Waals surface area contributed by atoms with Gasteiger partial charge in [-0.15, -0.1) is 0 Å². The number of aliphatic hydroxyl groups is 1. The summed E-state index contributed by atoms with van der Waals surface area (Å²) >= 11 is 6.00. The molecule has 0 saturated heterocycles. The normalized spacial score (nSPS) is 12.9. The molecule has 0 aliphatic rings. The van der Waals surface area contributed by atoms with Crippen molar-refractivity contribution in [1.29, 1.82) is 0 Å². The Morgan fingerprint density at radius 3 is 2.68 bits per heavy atom. The van der Waals surface area contributed by atoms with E-state index in [0.717, 1.165) is 27.7 Å². The lowest BCUT2D eigenvalue weighted by molar-refractivity contribution is 0.226. The van der Waals surface area contributed by atoms with Crippen LogP contribution in [-0.4, -0.2) is 10.1 Å². The number of hydrogen-bond donors (Lipinski definition) is 1. The number of aliphatic hydroxyl groups excluding tert-OH is 1. The maximum atomic E-state index is 9.52. The van der Waals surface area contributed by atoms with Gasteiger partial charge in [0.05, 0.1) is 17.3 Å². The van der Waals surface area contributed by atoms with Crippen molar-refractivity contribution in [1.82, 2.24) is 4.98 Å². The smallest absolute Gasteiger partial charge is 0.0791 e. The molecule has 1 atom stereocenters. The highest BCUT2D eigenvalue weighted by Crippen LogP contribution is 2.19. The van der Waals surface area contributed by atoms with E-state index in [1.807, 2.05) is 66.7 Å². The topological polar surface area (TPSA) is 33.1 Å². The standard InChI is InChI=1S/C19H15ClNO/c1-13(22)16-4-2-3-14(11-16)5-9-18-10-7-15-6-8-17(20)12-19(15)21-18/h2-13,22H,1H2/b9-5+/t13-/m1/s1. The zero-order valence-electron chi connectivity index (χ0n) is 11.9. The molecule has 3 aromatic rings. The zero-order chi connectivity index (χ0) is 15.5. The molecule has 1 N–H and O–H groups in total. The Bertz CT molecular complexity index is 840. The third-order valence-corrected chi connectivity index (χ3v) is 3.65. The first-order valence-corrected chi connectivity index (χ1v) is 7.35. The van der Waals surface area contributed by atoms with Gasteiger partial charge in [-0.2, -0.15) is 0 Å². The summed E-state index contributed by atoms with van der Waals surface area (Å²) < 4.78 is 0. The summed E-state index contributed by atoms with van der Waals surface area (Å²) in [6.45, 7) is 3.62. The third-order valence-electron chi connectivity index (χ3n) is 3.42. The molecule has 0 bridgehead atoms. The highest BCUT2D eigenvalue weighted by Gasteiger charge is 2.00. The summed E-state index contributed by atoms with van der Waals surface area (Å²) in [6.07, 6.45) is 3.19. The second-order valence-electron chi connectivity index (χ2n) is 5.09. The van der Waals surface area contributed by atoms with E-state index in [-0.39, 0.29) is 0 Å². The van der Waals surface area contributed by atoms with E-state index < -0.39 is 6.10 Å². The van der Waals surface area contributed by atoms with Crippen molar-refractivity contribution in [2.24, 2.45) is 0 Å². The average molecular weight is 309 g/mol. The number of rotatable bonds is 3. The Kier molecular flexibility index (Phi) is 4.23. The van der Waals surface area contributed by atoms with Crippen LogP contribution >= 0.6 is 11.6 Å². The molecule has 0 amide bonds. The minimum atomic E-state index is -0.714. The lowest BCUT2D eigenvalue weighted by atomic mass is 10.1. The average Bonchev–Trinajstić information content (AvgIpc) is 2.52. The number of halogens is 1. The molecule has 1 heterocycles. The van der Waals surface area contributed by atoms with E-state index in [1.165, 1.54) is 0 Å². The van der Waals surface area contributed by atoms with Crippen molar-refractivity contribution in [2.45, 2.75) is 6.10 Å². The van der Waals surface area contributed by atoms with Crippen molar-refractivity contribution in [2.75, 3.05) is 0 Å². The molecule has 1 radical (unpaired) electrons.